The van der Waals surface area contributed by atoms with Crippen LogP contribution in [0.15, 0.2) is 22.9 Å². The van der Waals surface area contributed by atoms with Crippen LogP contribution >= 0.6 is 15.9 Å². The first-order chi connectivity index (χ1) is 9.22. The number of carbonyl (C=O) groups is 1. The number of aromatic nitrogens is 1. The SMILES string of the molecule is CCC(CC)(NC(=O)OC(C)(C)C)c1ccc(Br)nc1. The molecule has 0 aliphatic carbocycles. The van der Waals surface area contributed by atoms with Crippen LogP contribution in [0.4, 0.5) is 4.79 Å². The zero-order valence-corrected chi connectivity index (χ0v) is 14.4. The molecule has 0 bridgehead atoms. The third-order valence-electron chi connectivity index (χ3n) is 3.23. The van der Waals surface area contributed by atoms with Crippen LogP contribution in [-0.2, 0) is 10.3 Å². The van der Waals surface area contributed by atoms with E-state index in [2.05, 4.69) is 26.2 Å². The normalized spacial score (nSPS) is 12.1. The second kappa shape index (κ2) is 6.57. The summed E-state index contributed by atoms with van der Waals surface area (Å²) >= 11 is 3.32. The van der Waals surface area contributed by atoms with Gasteiger partial charge in [0.15, 0.2) is 0 Å². The van der Waals surface area contributed by atoms with E-state index in [4.69, 9.17) is 4.74 Å². The number of nitrogens with one attached hydrogen (secondary N) is 1. The Balaban J connectivity index is 2.97. The van der Waals surface area contributed by atoms with Gasteiger partial charge in [-0.3, -0.25) is 0 Å². The maximum absolute atomic E-state index is 12.1. The molecule has 4 nitrogen and oxygen atoms in total. The maximum atomic E-state index is 12.1. The lowest BCUT2D eigenvalue weighted by molar-refractivity contribution is 0.0443. The Morgan fingerprint density at radius 3 is 2.30 bits per heavy atom. The van der Waals surface area contributed by atoms with E-state index < -0.39 is 17.2 Å². The first-order valence-electron chi connectivity index (χ1n) is 6.85. The van der Waals surface area contributed by atoms with E-state index >= 15 is 0 Å². The summed E-state index contributed by atoms with van der Waals surface area (Å²) in [5.74, 6) is 0. The van der Waals surface area contributed by atoms with E-state index in [1.54, 1.807) is 6.20 Å². The highest BCUT2D eigenvalue weighted by atomic mass is 79.9. The van der Waals surface area contributed by atoms with Crippen molar-refractivity contribution in [2.24, 2.45) is 0 Å². The summed E-state index contributed by atoms with van der Waals surface area (Å²) in [7, 11) is 0. The Morgan fingerprint density at radius 2 is 1.90 bits per heavy atom. The Hall–Kier alpha value is -1.10. The fraction of sp³-hybridized carbons (Fsp3) is 0.600. The van der Waals surface area contributed by atoms with Crippen LogP contribution in [0, 0.1) is 0 Å². The predicted molar refractivity (Wildman–Crippen MR) is 83.6 cm³/mol. The van der Waals surface area contributed by atoms with Gasteiger partial charge in [-0.15, -0.1) is 0 Å². The van der Waals surface area contributed by atoms with Crippen molar-refractivity contribution in [2.45, 2.75) is 58.6 Å². The fourth-order valence-electron chi connectivity index (χ4n) is 2.07. The number of nitrogens with zero attached hydrogens (tertiary/aromatic N) is 1. The highest BCUT2D eigenvalue weighted by Crippen LogP contribution is 2.29. The Kier molecular flexibility index (Phi) is 5.57. The molecular formula is C15H23BrN2O2. The zero-order valence-electron chi connectivity index (χ0n) is 12.8. The van der Waals surface area contributed by atoms with Gasteiger partial charge in [0.25, 0.3) is 0 Å². The van der Waals surface area contributed by atoms with Crippen molar-refractivity contribution in [2.75, 3.05) is 0 Å². The van der Waals surface area contributed by atoms with E-state index in [0.29, 0.717) is 0 Å². The molecule has 1 aromatic heterocycles. The smallest absolute Gasteiger partial charge is 0.408 e. The van der Waals surface area contributed by atoms with Crippen molar-refractivity contribution in [1.29, 1.82) is 0 Å². The van der Waals surface area contributed by atoms with Gasteiger partial charge in [0, 0.05) is 6.20 Å². The predicted octanol–water partition coefficient (Wildman–Crippen LogP) is 4.38. The lowest BCUT2D eigenvalue weighted by atomic mass is 9.86. The van der Waals surface area contributed by atoms with Crippen molar-refractivity contribution in [3.8, 4) is 0 Å². The minimum absolute atomic E-state index is 0.399. The van der Waals surface area contributed by atoms with Gasteiger partial charge in [0.05, 0.1) is 5.54 Å². The average Bonchev–Trinajstić information content (AvgIpc) is 2.35. The molecule has 1 rings (SSSR count). The summed E-state index contributed by atoms with van der Waals surface area (Å²) in [5.41, 5.74) is 0.0299. The van der Waals surface area contributed by atoms with Crippen molar-refractivity contribution >= 4 is 22.0 Å². The number of alkyl carbamates (subject to hydrolysis) is 1. The Labute approximate surface area is 129 Å². The molecule has 0 saturated carbocycles. The molecule has 0 radical (unpaired) electrons. The lowest BCUT2D eigenvalue weighted by Gasteiger charge is -2.34. The molecule has 0 saturated heterocycles. The van der Waals surface area contributed by atoms with Gasteiger partial charge in [-0.25, -0.2) is 9.78 Å². The number of hydrogen-bond acceptors (Lipinski definition) is 3. The quantitative estimate of drug-likeness (QED) is 0.825. The molecule has 0 aromatic carbocycles. The van der Waals surface area contributed by atoms with E-state index in [9.17, 15) is 4.79 Å². The van der Waals surface area contributed by atoms with Crippen molar-refractivity contribution in [3.05, 3.63) is 28.5 Å². The number of rotatable bonds is 4. The second-order valence-corrected chi connectivity index (χ2v) is 6.60. The van der Waals surface area contributed by atoms with Crippen molar-refractivity contribution in [1.82, 2.24) is 10.3 Å². The Bertz CT molecular complexity index is 448. The van der Waals surface area contributed by atoms with Gasteiger partial charge in [0.1, 0.15) is 10.2 Å². The van der Waals surface area contributed by atoms with Gasteiger partial charge in [-0.2, -0.15) is 0 Å². The number of hydrogen-bond donors (Lipinski definition) is 1. The molecule has 1 N–H and O–H groups in total. The third-order valence-corrected chi connectivity index (χ3v) is 3.70. The summed E-state index contributed by atoms with van der Waals surface area (Å²) in [6.07, 6.45) is 2.93. The summed E-state index contributed by atoms with van der Waals surface area (Å²) in [6, 6.07) is 3.85. The highest BCUT2D eigenvalue weighted by Gasteiger charge is 2.32. The topological polar surface area (TPSA) is 51.2 Å². The van der Waals surface area contributed by atoms with Crippen LogP contribution in [0.1, 0.15) is 53.0 Å². The van der Waals surface area contributed by atoms with E-state index in [1.165, 1.54) is 0 Å². The second-order valence-electron chi connectivity index (χ2n) is 5.79. The molecule has 112 valence electrons. The number of ether oxygens (including phenoxy) is 1. The molecule has 0 fully saturated rings. The molecule has 1 aromatic rings. The minimum atomic E-state index is -0.505. The minimum Gasteiger partial charge on any atom is -0.444 e. The zero-order chi connectivity index (χ0) is 15.4. The summed E-state index contributed by atoms with van der Waals surface area (Å²) in [5, 5.41) is 3.01. The highest BCUT2D eigenvalue weighted by molar-refractivity contribution is 9.10. The third kappa shape index (κ3) is 4.47. The molecule has 0 aliphatic heterocycles. The van der Waals surface area contributed by atoms with Crippen LogP contribution in [-0.4, -0.2) is 16.7 Å². The summed E-state index contributed by atoms with van der Waals surface area (Å²) in [4.78, 5) is 16.3. The summed E-state index contributed by atoms with van der Waals surface area (Å²) in [6.45, 7) is 9.65. The molecule has 5 heteroatoms. The largest absolute Gasteiger partial charge is 0.444 e. The van der Waals surface area contributed by atoms with Gasteiger partial charge in [-0.1, -0.05) is 19.9 Å². The number of halogens is 1. The van der Waals surface area contributed by atoms with Crippen LogP contribution in [0.3, 0.4) is 0 Å². The van der Waals surface area contributed by atoms with E-state index in [0.717, 1.165) is 23.0 Å². The number of amides is 1. The summed E-state index contributed by atoms with van der Waals surface area (Å²) < 4.78 is 6.14. The monoisotopic (exact) mass is 342 g/mol. The average molecular weight is 343 g/mol. The molecule has 0 unspecified atom stereocenters. The van der Waals surface area contributed by atoms with Gasteiger partial charge < -0.3 is 10.1 Å². The van der Waals surface area contributed by atoms with Crippen molar-refractivity contribution in [3.63, 3.8) is 0 Å². The van der Waals surface area contributed by atoms with Crippen LogP contribution < -0.4 is 5.32 Å². The Morgan fingerprint density at radius 1 is 1.30 bits per heavy atom. The lowest BCUT2D eigenvalue weighted by Crippen LogP contribution is -2.47. The molecule has 1 amide bonds. The molecule has 0 aliphatic rings. The van der Waals surface area contributed by atoms with E-state index in [-0.39, 0.29) is 0 Å². The molecule has 0 spiro atoms. The number of carbonyl (C=O) groups excluding carboxylic acids is 1. The molecule has 0 atom stereocenters. The molecular weight excluding hydrogens is 320 g/mol. The van der Waals surface area contributed by atoms with Gasteiger partial charge in [0.2, 0.25) is 0 Å². The maximum Gasteiger partial charge on any atom is 0.408 e. The molecule has 20 heavy (non-hydrogen) atoms. The number of pyridine rings is 1. The van der Waals surface area contributed by atoms with Gasteiger partial charge >= 0.3 is 6.09 Å². The van der Waals surface area contributed by atoms with Crippen molar-refractivity contribution < 1.29 is 9.53 Å². The van der Waals surface area contributed by atoms with E-state index in [1.807, 2.05) is 46.8 Å². The first kappa shape index (κ1) is 17.0. The van der Waals surface area contributed by atoms with Crippen LogP contribution in [0.5, 0.6) is 0 Å². The van der Waals surface area contributed by atoms with Crippen LogP contribution in [0.2, 0.25) is 0 Å². The molecule has 1 heterocycles. The fourth-order valence-corrected chi connectivity index (χ4v) is 2.30. The van der Waals surface area contributed by atoms with Gasteiger partial charge in [-0.05, 0) is 61.2 Å². The first-order valence-corrected chi connectivity index (χ1v) is 7.65. The standard InChI is InChI=1S/C15H23BrN2O2/c1-6-15(7-2,11-8-9-12(16)17-10-11)18-13(19)20-14(3,4)5/h8-10H,6-7H2,1-5H3,(H,18,19). The van der Waals surface area contributed by atoms with Crippen LogP contribution in [0.25, 0.3) is 0 Å².